The lowest BCUT2D eigenvalue weighted by atomic mass is 10.1. The van der Waals surface area contributed by atoms with Crippen molar-refractivity contribution in [2.24, 2.45) is 0 Å². The number of rotatable bonds is 8. The second-order valence-corrected chi connectivity index (χ2v) is 9.36. The molecule has 190 valence electrons. The molecule has 0 unspecified atom stereocenters. The number of ether oxygens (including phenoxy) is 2. The predicted molar refractivity (Wildman–Crippen MR) is 123 cm³/mol. The van der Waals surface area contributed by atoms with Crippen LogP contribution in [0.25, 0.3) is 0 Å². The molecule has 0 atom stereocenters. The third-order valence-corrected chi connectivity index (χ3v) is 6.65. The van der Waals surface area contributed by atoms with Gasteiger partial charge < -0.3 is 19.7 Å². The number of nitrogens with zero attached hydrogens (tertiary/aromatic N) is 4. The molecule has 13 heteroatoms. The first-order valence-corrected chi connectivity index (χ1v) is 12.2. The van der Waals surface area contributed by atoms with E-state index in [1.54, 1.807) is 0 Å². The molecule has 2 saturated heterocycles. The number of hydrogen-bond acceptors (Lipinski definition) is 9. The summed E-state index contributed by atoms with van der Waals surface area (Å²) in [5.74, 6) is -1.46. The number of piperidine rings is 1. The number of morpholine rings is 1. The van der Waals surface area contributed by atoms with Gasteiger partial charge in [0, 0.05) is 31.7 Å². The average Bonchev–Trinajstić information content (AvgIpc) is 3.29. The van der Waals surface area contributed by atoms with Crippen LogP contribution >= 0.6 is 11.3 Å². The van der Waals surface area contributed by atoms with Gasteiger partial charge in [-0.05, 0) is 37.5 Å². The first kappa shape index (κ1) is 25.3. The van der Waals surface area contributed by atoms with Crippen molar-refractivity contribution in [3.63, 3.8) is 0 Å². The minimum atomic E-state index is -4.95. The summed E-state index contributed by atoms with van der Waals surface area (Å²) in [6.07, 6.45) is -1.65. The molecule has 2 aliphatic rings. The van der Waals surface area contributed by atoms with Gasteiger partial charge in [-0.1, -0.05) is 11.3 Å². The van der Waals surface area contributed by atoms with E-state index in [4.69, 9.17) is 4.74 Å². The molecule has 1 aromatic heterocycles. The Bertz CT molecular complexity index is 1040. The maximum absolute atomic E-state index is 12.9. The first-order chi connectivity index (χ1) is 16.8. The lowest BCUT2D eigenvalue weighted by Gasteiger charge is -2.26. The summed E-state index contributed by atoms with van der Waals surface area (Å²) >= 11 is 1.33. The number of amides is 1. The number of carbonyl (C=O) groups is 2. The van der Waals surface area contributed by atoms with Crippen LogP contribution in [-0.4, -0.2) is 79.1 Å². The fourth-order valence-corrected chi connectivity index (χ4v) is 4.82. The van der Waals surface area contributed by atoms with Crippen LogP contribution in [0.4, 0.5) is 24.0 Å². The van der Waals surface area contributed by atoms with Crippen molar-refractivity contribution in [1.82, 2.24) is 15.1 Å². The summed E-state index contributed by atoms with van der Waals surface area (Å²) in [6, 6.07) is 3.48. The van der Waals surface area contributed by atoms with E-state index in [-0.39, 0.29) is 30.0 Å². The first-order valence-electron chi connectivity index (χ1n) is 11.4. The van der Waals surface area contributed by atoms with Gasteiger partial charge in [-0.2, -0.15) is 0 Å². The van der Waals surface area contributed by atoms with Crippen molar-refractivity contribution in [3.8, 4) is 5.75 Å². The number of carbonyl (C=O) groups excluding carboxylic acids is 2. The molecule has 3 heterocycles. The van der Waals surface area contributed by atoms with Crippen LogP contribution in [0.3, 0.4) is 0 Å². The monoisotopic (exact) mass is 513 g/mol. The van der Waals surface area contributed by atoms with Gasteiger partial charge in [0.2, 0.25) is 11.0 Å². The van der Waals surface area contributed by atoms with Crippen LogP contribution in [0.15, 0.2) is 18.2 Å². The third kappa shape index (κ3) is 7.36. The number of anilines is 2. The van der Waals surface area contributed by atoms with E-state index in [0.29, 0.717) is 31.3 Å². The maximum atomic E-state index is 12.9. The van der Waals surface area contributed by atoms with Crippen molar-refractivity contribution in [2.45, 2.75) is 32.0 Å². The van der Waals surface area contributed by atoms with Crippen LogP contribution < -0.4 is 15.0 Å². The highest BCUT2D eigenvalue weighted by Gasteiger charge is 2.33. The molecule has 0 saturated carbocycles. The van der Waals surface area contributed by atoms with Gasteiger partial charge >= 0.3 is 6.36 Å². The number of ketones is 1. The molecule has 0 aliphatic carbocycles. The molecule has 9 nitrogen and oxygen atoms in total. The van der Waals surface area contributed by atoms with Gasteiger partial charge in [0.1, 0.15) is 5.01 Å². The molecule has 1 aromatic carbocycles. The summed E-state index contributed by atoms with van der Waals surface area (Å²) in [7, 11) is 0. The fraction of sp³-hybridized carbons (Fsp3) is 0.545. The Labute approximate surface area is 204 Å². The average molecular weight is 514 g/mol. The number of aromatic nitrogens is 2. The zero-order valence-electron chi connectivity index (χ0n) is 19.0. The van der Waals surface area contributed by atoms with Crippen LogP contribution in [-0.2, 0) is 16.0 Å². The van der Waals surface area contributed by atoms with Crippen LogP contribution in [0.5, 0.6) is 5.75 Å². The molecule has 0 bridgehead atoms. The van der Waals surface area contributed by atoms with Crippen LogP contribution in [0, 0.1) is 0 Å². The normalized spacial score (nSPS) is 17.3. The Hall–Kier alpha value is -2.77. The molecule has 2 aliphatic heterocycles. The highest BCUT2D eigenvalue weighted by Crippen LogP contribution is 2.32. The van der Waals surface area contributed by atoms with E-state index in [9.17, 15) is 22.8 Å². The number of hydrogen-bond donors (Lipinski definition) is 1. The molecule has 1 amide bonds. The second kappa shape index (κ2) is 11.3. The van der Waals surface area contributed by atoms with Gasteiger partial charge in [0.25, 0.3) is 0 Å². The molecular formula is C22H26F3N5O4S. The van der Waals surface area contributed by atoms with Gasteiger partial charge in [-0.3, -0.25) is 14.5 Å². The topological polar surface area (TPSA) is 96.9 Å². The van der Waals surface area contributed by atoms with Crippen LogP contribution in [0.2, 0.25) is 0 Å². The Morgan fingerprint density at radius 1 is 1.09 bits per heavy atom. The van der Waals surface area contributed by atoms with E-state index in [1.165, 1.54) is 29.9 Å². The largest absolute Gasteiger partial charge is 0.573 e. The minimum absolute atomic E-state index is 0.0168. The molecule has 0 spiro atoms. The zero-order valence-corrected chi connectivity index (χ0v) is 19.8. The van der Waals surface area contributed by atoms with E-state index < -0.39 is 18.0 Å². The van der Waals surface area contributed by atoms with E-state index in [2.05, 4.69) is 25.2 Å². The van der Waals surface area contributed by atoms with Crippen molar-refractivity contribution in [1.29, 1.82) is 0 Å². The van der Waals surface area contributed by atoms with Gasteiger partial charge in [-0.25, -0.2) is 0 Å². The molecule has 2 fully saturated rings. The highest BCUT2D eigenvalue weighted by molar-refractivity contribution is 7.15. The molecular weight excluding hydrogens is 487 g/mol. The predicted octanol–water partition coefficient (Wildman–Crippen LogP) is 3.12. The summed E-state index contributed by atoms with van der Waals surface area (Å²) in [4.78, 5) is 29.3. The zero-order chi connectivity index (χ0) is 24.8. The molecule has 1 N–H and O–H groups in total. The van der Waals surface area contributed by atoms with Crippen molar-refractivity contribution in [3.05, 3.63) is 28.8 Å². The Balaban J connectivity index is 1.46. The third-order valence-electron chi connectivity index (χ3n) is 5.67. The maximum Gasteiger partial charge on any atom is 0.573 e. The number of benzene rings is 1. The number of halogens is 3. The Kier molecular flexibility index (Phi) is 8.19. The highest BCUT2D eigenvalue weighted by atomic mass is 32.1. The molecule has 0 radical (unpaired) electrons. The number of alkyl halides is 3. The summed E-state index contributed by atoms with van der Waals surface area (Å²) < 4.78 is 48.0. The molecule has 4 rings (SSSR count). The Morgan fingerprint density at radius 2 is 1.83 bits per heavy atom. The summed E-state index contributed by atoms with van der Waals surface area (Å²) in [5.41, 5.74) is -0.0892. The van der Waals surface area contributed by atoms with E-state index in [0.717, 1.165) is 37.1 Å². The van der Waals surface area contributed by atoms with Gasteiger partial charge in [0.15, 0.2) is 11.5 Å². The number of Topliss-reactive ketones (excluding diaryl/α,β-unsaturated/α-hetero) is 1. The van der Waals surface area contributed by atoms with E-state index in [1.807, 2.05) is 4.90 Å². The number of nitrogens with one attached hydrogen (secondary N) is 1. The smallest absolute Gasteiger partial charge is 0.404 e. The molecule has 2 aromatic rings. The lowest BCUT2D eigenvalue weighted by molar-refractivity contribution is -0.274. The molecule has 35 heavy (non-hydrogen) atoms. The standard InChI is InChI=1S/C22H26F3N5O4S/c23-22(24,25)34-18-5-4-15(12-16(18)26-19(32)14-29-8-10-33-11-9-29)17(31)13-20-27-28-21(35-20)30-6-2-1-3-7-30/h4-5,12H,1-3,6-11,13-14H2,(H,26,32). The summed E-state index contributed by atoms with van der Waals surface area (Å²) in [5, 5.41) is 12.0. The SMILES string of the molecule is O=C(CN1CCOCC1)Nc1cc(C(=O)Cc2nnc(N3CCCCC3)s2)ccc1OC(F)(F)F. The summed E-state index contributed by atoms with van der Waals surface area (Å²) in [6.45, 7) is 3.82. The van der Waals surface area contributed by atoms with Gasteiger partial charge in [0.05, 0.1) is 31.9 Å². The van der Waals surface area contributed by atoms with E-state index >= 15 is 0 Å². The quantitative estimate of drug-likeness (QED) is 0.538. The minimum Gasteiger partial charge on any atom is -0.404 e. The fourth-order valence-electron chi connectivity index (χ4n) is 3.94. The van der Waals surface area contributed by atoms with Crippen molar-refractivity contribution in [2.75, 3.05) is 56.2 Å². The van der Waals surface area contributed by atoms with Crippen LogP contribution in [0.1, 0.15) is 34.6 Å². The lowest BCUT2D eigenvalue weighted by Crippen LogP contribution is -2.41. The van der Waals surface area contributed by atoms with Gasteiger partial charge in [-0.15, -0.1) is 23.4 Å². The Morgan fingerprint density at radius 3 is 2.54 bits per heavy atom. The second-order valence-electron chi connectivity index (χ2n) is 8.32. The van der Waals surface area contributed by atoms with Crippen molar-refractivity contribution < 1.29 is 32.2 Å². The van der Waals surface area contributed by atoms with Crippen molar-refractivity contribution >= 4 is 33.8 Å².